The molecule has 0 rings (SSSR count). The number of rotatable bonds is 43. The van der Waals surface area contributed by atoms with Crippen LogP contribution in [0.4, 0.5) is 0 Å². The molecule has 0 fully saturated rings. The van der Waals surface area contributed by atoms with Gasteiger partial charge >= 0.3 is 0 Å². The zero-order chi connectivity index (χ0) is 41.9. The summed E-state index contributed by atoms with van der Waals surface area (Å²) < 4.78 is 32.6. The molecule has 0 saturated heterocycles. The number of unbranched alkanes of at least 4 members (excludes halogenated alkanes) is 28. The van der Waals surface area contributed by atoms with Gasteiger partial charge < -0.3 is 15.5 Å². The first-order chi connectivity index (χ1) is 27.7. The van der Waals surface area contributed by atoms with Gasteiger partial charge in [-0.2, -0.15) is 8.42 Å². The van der Waals surface area contributed by atoms with Gasteiger partial charge in [0.2, 0.25) is 5.91 Å². The molecule has 0 bridgehead atoms. The third kappa shape index (κ3) is 42.2. The summed E-state index contributed by atoms with van der Waals surface area (Å²) in [6.45, 7) is 4.53. The van der Waals surface area contributed by atoms with E-state index < -0.39 is 40.0 Å². The third-order valence-electron chi connectivity index (χ3n) is 10.8. The average molecular weight is 822 g/mol. The molecule has 57 heavy (non-hydrogen) atoms. The van der Waals surface area contributed by atoms with E-state index in [1.54, 1.807) is 6.08 Å². The van der Waals surface area contributed by atoms with Crippen LogP contribution >= 0.6 is 0 Å². The number of nitrogens with one attached hydrogen (secondary N) is 1. The maximum absolute atomic E-state index is 12.6. The molecular weight excluding hydrogens is 731 g/mol. The molecule has 4 N–H and O–H groups in total. The van der Waals surface area contributed by atoms with Crippen LogP contribution in [0.15, 0.2) is 48.6 Å². The van der Waals surface area contributed by atoms with Crippen LogP contribution in [0.2, 0.25) is 0 Å². The summed E-state index contributed by atoms with van der Waals surface area (Å²) in [6.07, 6.45) is 54.6. The molecule has 3 atom stereocenters. The molecule has 334 valence electrons. The lowest BCUT2D eigenvalue weighted by molar-refractivity contribution is -0.130. The zero-order valence-corrected chi connectivity index (χ0v) is 37.9. The largest absolute Gasteiger partial charge is 0.387 e. The number of aliphatic hydroxyl groups is 2. The van der Waals surface area contributed by atoms with E-state index in [0.717, 1.165) is 51.4 Å². The topological polar surface area (TPSA) is 124 Å². The van der Waals surface area contributed by atoms with E-state index >= 15 is 0 Å². The Hall–Kier alpha value is -1.74. The smallest absolute Gasteiger partial charge is 0.267 e. The van der Waals surface area contributed by atoms with Crippen LogP contribution in [0.5, 0.6) is 0 Å². The van der Waals surface area contributed by atoms with Crippen molar-refractivity contribution in [2.45, 2.75) is 250 Å². The summed E-state index contributed by atoms with van der Waals surface area (Å²) in [6, 6.07) is -1.26. The fourth-order valence-electron chi connectivity index (χ4n) is 7.13. The lowest BCUT2D eigenvalue weighted by atomic mass is 10.0. The highest BCUT2D eigenvalue weighted by molar-refractivity contribution is 7.85. The highest BCUT2D eigenvalue weighted by atomic mass is 32.2. The van der Waals surface area contributed by atoms with E-state index in [9.17, 15) is 28.0 Å². The Morgan fingerprint density at radius 1 is 0.474 bits per heavy atom. The minimum Gasteiger partial charge on any atom is -0.387 e. The summed E-state index contributed by atoms with van der Waals surface area (Å²) in [4.78, 5) is 12.6. The van der Waals surface area contributed by atoms with Crippen LogP contribution < -0.4 is 5.32 Å². The second-order valence-electron chi connectivity index (χ2n) is 16.5. The van der Waals surface area contributed by atoms with E-state index in [-0.39, 0.29) is 6.42 Å². The van der Waals surface area contributed by atoms with Crippen molar-refractivity contribution in [1.29, 1.82) is 0 Å². The summed E-state index contributed by atoms with van der Waals surface area (Å²) >= 11 is 0. The van der Waals surface area contributed by atoms with Gasteiger partial charge in [-0.1, -0.05) is 210 Å². The summed E-state index contributed by atoms with van der Waals surface area (Å²) in [5, 5.41) is 23.5. The van der Waals surface area contributed by atoms with Crippen LogP contribution in [0, 0.1) is 0 Å². The van der Waals surface area contributed by atoms with Crippen molar-refractivity contribution >= 4 is 16.0 Å². The van der Waals surface area contributed by atoms with E-state index in [4.69, 9.17) is 0 Å². The van der Waals surface area contributed by atoms with Gasteiger partial charge in [0.15, 0.2) is 0 Å². The van der Waals surface area contributed by atoms with Crippen molar-refractivity contribution < 1.29 is 28.0 Å². The van der Waals surface area contributed by atoms with Gasteiger partial charge in [-0.15, -0.1) is 0 Å². The van der Waals surface area contributed by atoms with Crippen LogP contribution in [-0.4, -0.2) is 53.1 Å². The number of carbonyl (C=O) groups excluding carboxylic acids is 1. The molecule has 0 spiro atoms. The van der Waals surface area contributed by atoms with Crippen molar-refractivity contribution in [2.75, 3.05) is 5.75 Å². The molecule has 0 radical (unpaired) electrons. The molecule has 0 aliphatic carbocycles. The quantitative estimate of drug-likeness (QED) is 0.0276. The first-order valence-corrected chi connectivity index (χ1v) is 25.6. The number of hydrogen-bond acceptors (Lipinski definition) is 5. The number of allylic oxidation sites excluding steroid dienone is 7. The zero-order valence-electron chi connectivity index (χ0n) is 37.1. The van der Waals surface area contributed by atoms with Gasteiger partial charge in [-0.05, 0) is 70.6 Å². The normalized spacial score (nSPS) is 14.1. The Kier molecular flexibility index (Phi) is 41.1. The predicted octanol–water partition coefficient (Wildman–Crippen LogP) is 13.6. The summed E-state index contributed by atoms with van der Waals surface area (Å²) in [5.74, 6) is -1.57. The van der Waals surface area contributed by atoms with Crippen molar-refractivity contribution in [2.24, 2.45) is 0 Å². The monoisotopic (exact) mass is 822 g/mol. The third-order valence-corrected chi connectivity index (χ3v) is 11.6. The minimum atomic E-state index is -4.46. The van der Waals surface area contributed by atoms with Crippen molar-refractivity contribution in [1.82, 2.24) is 5.32 Å². The predicted molar refractivity (Wildman–Crippen MR) is 245 cm³/mol. The molecule has 0 saturated carbocycles. The van der Waals surface area contributed by atoms with Crippen LogP contribution in [0.25, 0.3) is 0 Å². The molecule has 0 aliphatic heterocycles. The Morgan fingerprint density at radius 2 is 0.789 bits per heavy atom. The molecule has 0 aromatic rings. The fraction of sp³-hybridized carbons (Fsp3) is 0.816. The summed E-state index contributed by atoms with van der Waals surface area (Å²) in [7, 11) is -4.46. The molecule has 7 nitrogen and oxygen atoms in total. The van der Waals surface area contributed by atoms with Gasteiger partial charge in [0, 0.05) is 0 Å². The van der Waals surface area contributed by atoms with Crippen molar-refractivity contribution in [3.05, 3.63) is 48.6 Å². The lowest BCUT2D eigenvalue weighted by Gasteiger charge is -2.22. The Morgan fingerprint density at radius 3 is 1.16 bits per heavy atom. The SMILES string of the molecule is CCCCCCCCCCC/C=C/CC/C=C/CC/C=C/C(O)C(CS(=O)(=O)O)NC(=O)C(O)CCCCCCCC/C=C\CCCCCCCCCCCCC. The molecule has 1 amide bonds. The lowest BCUT2D eigenvalue weighted by Crippen LogP contribution is -2.50. The molecule has 8 heteroatoms. The van der Waals surface area contributed by atoms with E-state index in [1.165, 1.54) is 154 Å². The Balaban J connectivity index is 4.02. The Labute approximate surface area is 352 Å². The maximum Gasteiger partial charge on any atom is 0.267 e. The van der Waals surface area contributed by atoms with Gasteiger partial charge in [0.05, 0.1) is 17.9 Å². The molecule has 0 aliphatic rings. The van der Waals surface area contributed by atoms with Gasteiger partial charge in [0.25, 0.3) is 10.1 Å². The highest BCUT2D eigenvalue weighted by Gasteiger charge is 2.27. The molecule has 0 aromatic carbocycles. The maximum atomic E-state index is 12.6. The first kappa shape index (κ1) is 55.3. The molecule has 0 aromatic heterocycles. The van der Waals surface area contributed by atoms with E-state index in [2.05, 4.69) is 55.6 Å². The van der Waals surface area contributed by atoms with Crippen LogP contribution in [0.3, 0.4) is 0 Å². The highest BCUT2D eigenvalue weighted by Crippen LogP contribution is 2.15. The fourth-order valence-corrected chi connectivity index (χ4v) is 7.86. The second kappa shape index (κ2) is 42.4. The van der Waals surface area contributed by atoms with E-state index in [0.29, 0.717) is 12.8 Å². The van der Waals surface area contributed by atoms with Crippen LogP contribution in [0.1, 0.15) is 232 Å². The average Bonchev–Trinajstić information content (AvgIpc) is 3.18. The van der Waals surface area contributed by atoms with Crippen LogP contribution in [-0.2, 0) is 14.9 Å². The second-order valence-corrected chi connectivity index (χ2v) is 18.0. The molecule has 0 heterocycles. The number of aliphatic hydroxyl groups excluding tert-OH is 2. The molecular formula is C49H91NO6S. The Bertz CT molecular complexity index is 1100. The van der Waals surface area contributed by atoms with Gasteiger partial charge in [-0.3, -0.25) is 9.35 Å². The van der Waals surface area contributed by atoms with Gasteiger partial charge in [0.1, 0.15) is 6.10 Å². The summed E-state index contributed by atoms with van der Waals surface area (Å²) in [5.41, 5.74) is 0. The van der Waals surface area contributed by atoms with E-state index in [1.807, 2.05) is 0 Å². The minimum absolute atomic E-state index is 0.263. The standard InChI is InChI=1S/C49H91NO6S/c1-3-5-7-9-11-13-15-17-19-21-23-24-26-28-30-32-34-36-38-40-42-44-48(52)49(53)50-46(45-57(54,55)56)47(51)43-41-39-37-35-33-31-29-27-25-22-20-18-16-14-12-10-8-6-4-2/h25-28,33,35,41,43,46-48,51-52H,3-24,29-32,34,36-40,42,44-45H2,1-2H3,(H,50,53)(H,54,55,56)/b27-25+,28-26-,35-33+,43-41+. The van der Waals surface area contributed by atoms with Gasteiger partial charge in [-0.25, -0.2) is 0 Å². The number of hydrogen-bond donors (Lipinski definition) is 4. The van der Waals surface area contributed by atoms with Crippen molar-refractivity contribution in [3.63, 3.8) is 0 Å². The number of carbonyl (C=O) groups is 1. The first-order valence-electron chi connectivity index (χ1n) is 23.9. The van der Waals surface area contributed by atoms with Crippen molar-refractivity contribution in [3.8, 4) is 0 Å². The number of amides is 1. The molecule has 3 unspecified atom stereocenters.